The summed E-state index contributed by atoms with van der Waals surface area (Å²) >= 11 is 0. The maximum absolute atomic E-state index is 10.1. The number of hydrogen-bond donors (Lipinski definition) is 2. The first-order valence-corrected chi connectivity index (χ1v) is 7.33. The van der Waals surface area contributed by atoms with E-state index in [1.54, 1.807) is 21.3 Å². The number of aliphatic hydroxyl groups is 1. The van der Waals surface area contributed by atoms with Crippen LogP contribution in [0.25, 0.3) is 0 Å². The van der Waals surface area contributed by atoms with Gasteiger partial charge in [0.1, 0.15) is 0 Å². The monoisotopic (exact) mass is 287 g/mol. The standard InChI is InChI=1S/C16H24BN2O2/c1-11-18-10-14(19-11)12-6-8-13(9-7-12)17-21-16(4,5)15(2,3)20/h6-9,11,18,20H,10H2,1-5H3. The Morgan fingerprint density at radius 3 is 2.33 bits per heavy atom. The predicted molar refractivity (Wildman–Crippen MR) is 87.3 cm³/mol. The van der Waals surface area contributed by atoms with Gasteiger partial charge in [0.2, 0.25) is 0 Å². The van der Waals surface area contributed by atoms with Crippen molar-refractivity contribution in [3.63, 3.8) is 0 Å². The lowest BCUT2D eigenvalue weighted by atomic mass is 9.82. The van der Waals surface area contributed by atoms with E-state index in [2.05, 4.69) is 10.3 Å². The highest BCUT2D eigenvalue weighted by Gasteiger charge is 2.35. The summed E-state index contributed by atoms with van der Waals surface area (Å²) in [5.74, 6) is 0. The minimum Gasteiger partial charge on any atom is -0.427 e. The summed E-state index contributed by atoms with van der Waals surface area (Å²) in [4.78, 5) is 4.54. The molecule has 2 N–H and O–H groups in total. The zero-order chi connectivity index (χ0) is 15.7. The van der Waals surface area contributed by atoms with Crippen LogP contribution in [0.1, 0.15) is 40.2 Å². The van der Waals surface area contributed by atoms with Gasteiger partial charge >= 0.3 is 7.48 Å². The molecule has 1 aliphatic rings. The SMILES string of the molecule is CC1N=C(c2ccc([B]OC(C)(C)C(C)(C)O)cc2)CN1. The fourth-order valence-corrected chi connectivity index (χ4v) is 1.86. The molecule has 113 valence electrons. The van der Waals surface area contributed by atoms with Crippen LogP contribution in [0.2, 0.25) is 0 Å². The molecular weight excluding hydrogens is 263 g/mol. The predicted octanol–water partition coefficient (Wildman–Crippen LogP) is 1.24. The number of hydrogen-bond acceptors (Lipinski definition) is 4. The molecule has 21 heavy (non-hydrogen) atoms. The highest BCUT2D eigenvalue weighted by Crippen LogP contribution is 2.24. The lowest BCUT2D eigenvalue weighted by Crippen LogP contribution is -2.49. The summed E-state index contributed by atoms with van der Waals surface area (Å²) in [6.45, 7) is 10.1. The first-order valence-electron chi connectivity index (χ1n) is 7.33. The van der Waals surface area contributed by atoms with E-state index < -0.39 is 11.2 Å². The average molecular weight is 287 g/mol. The van der Waals surface area contributed by atoms with Crippen molar-refractivity contribution in [1.29, 1.82) is 0 Å². The van der Waals surface area contributed by atoms with Crippen LogP contribution in [-0.4, -0.2) is 42.2 Å². The molecule has 1 atom stereocenters. The van der Waals surface area contributed by atoms with Gasteiger partial charge in [-0.25, -0.2) is 0 Å². The van der Waals surface area contributed by atoms with Crippen LogP contribution in [0.3, 0.4) is 0 Å². The lowest BCUT2D eigenvalue weighted by molar-refractivity contribution is -0.0893. The van der Waals surface area contributed by atoms with Gasteiger partial charge < -0.3 is 9.76 Å². The van der Waals surface area contributed by atoms with E-state index >= 15 is 0 Å². The molecule has 1 unspecified atom stereocenters. The van der Waals surface area contributed by atoms with Crippen molar-refractivity contribution in [3.05, 3.63) is 29.8 Å². The van der Waals surface area contributed by atoms with Gasteiger partial charge in [-0.3, -0.25) is 10.3 Å². The number of aliphatic imine (C=N–C) groups is 1. The molecule has 1 radical (unpaired) electrons. The minimum absolute atomic E-state index is 0.196. The van der Waals surface area contributed by atoms with Crippen LogP contribution in [0.5, 0.6) is 0 Å². The summed E-state index contributed by atoms with van der Waals surface area (Å²) in [7, 11) is 1.69. The Bertz CT molecular complexity index is 518. The molecule has 0 bridgehead atoms. The Morgan fingerprint density at radius 1 is 1.24 bits per heavy atom. The van der Waals surface area contributed by atoms with Crippen molar-refractivity contribution in [2.24, 2.45) is 4.99 Å². The second kappa shape index (κ2) is 5.91. The molecule has 0 fully saturated rings. The number of rotatable bonds is 5. The quantitative estimate of drug-likeness (QED) is 0.801. The maximum atomic E-state index is 10.1. The van der Waals surface area contributed by atoms with E-state index in [9.17, 15) is 5.11 Å². The summed E-state index contributed by atoms with van der Waals surface area (Å²) in [5, 5.41) is 13.3. The van der Waals surface area contributed by atoms with Crippen molar-refractivity contribution in [1.82, 2.24) is 5.32 Å². The van der Waals surface area contributed by atoms with Gasteiger partial charge in [-0.2, -0.15) is 0 Å². The third-order valence-corrected chi connectivity index (χ3v) is 4.12. The summed E-state index contributed by atoms with van der Waals surface area (Å²) in [5.41, 5.74) is 1.62. The average Bonchev–Trinajstić information content (AvgIpc) is 2.82. The molecular formula is C16H24BN2O2. The Kier molecular flexibility index (Phi) is 4.56. The second-order valence-corrected chi connectivity index (χ2v) is 6.56. The largest absolute Gasteiger partial charge is 0.427 e. The van der Waals surface area contributed by atoms with Gasteiger partial charge in [-0.15, -0.1) is 0 Å². The van der Waals surface area contributed by atoms with Crippen LogP contribution < -0.4 is 10.8 Å². The summed E-state index contributed by atoms with van der Waals surface area (Å²) < 4.78 is 5.74. The fraction of sp³-hybridized carbons (Fsp3) is 0.562. The van der Waals surface area contributed by atoms with Gasteiger partial charge in [0.05, 0.1) is 23.1 Å². The topological polar surface area (TPSA) is 53.9 Å². The highest BCUT2D eigenvalue weighted by atomic mass is 16.5. The number of benzene rings is 1. The fourth-order valence-electron chi connectivity index (χ4n) is 1.86. The van der Waals surface area contributed by atoms with Crippen LogP contribution in [-0.2, 0) is 4.65 Å². The van der Waals surface area contributed by atoms with Crippen molar-refractivity contribution < 1.29 is 9.76 Å². The summed E-state index contributed by atoms with van der Waals surface area (Å²) in [6.07, 6.45) is 0.196. The minimum atomic E-state index is -0.913. The van der Waals surface area contributed by atoms with Crippen LogP contribution in [0.4, 0.5) is 0 Å². The third kappa shape index (κ3) is 3.93. The molecule has 0 amide bonds. The molecule has 1 aromatic rings. The van der Waals surface area contributed by atoms with Crippen LogP contribution in [0, 0.1) is 0 Å². The van der Waals surface area contributed by atoms with E-state index in [-0.39, 0.29) is 6.17 Å². The highest BCUT2D eigenvalue weighted by molar-refractivity contribution is 6.47. The van der Waals surface area contributed by atoms with Gasteiger partial charge in [0.25, 0.3) is 0 Å². The normalized spacial score (nSPS) is 19.5. The van der Waals surface area contributed by atoms with Crippen molar-refractivity contribution in [2.45, 2.75) is 52.0 Å². The zero-order valence-corrected chi connectivity index (χ0v) is 13.5. The van der Waals surface area contributed by atoms with Gasteiger partial charge in [0, 0.05) is 6.54 Å². The molecule has 0 aromatic heterocycles. The van der Waals surface area contributed by atoms with Crippen LogP contribution >= 0.6 is 0 Å². The van der Waals surface area contributed by atoms with E-state index in [0.717, 1.165) is 23.3 Å². The molecule has 4 nitrogen and oxygen atoms in total. The molecule has 2 rings (SSSR count). The third-order valence-electron chi connectivity index (χ3n) is 4.12. The van der Waals surface area contributed by atoms with Gasteiger partial charge in [0.15, 0.2) is 0 Å². The number of nitrogens with one attached hydrogen (secondary N) is 1. The molecule has 1 aliphatic heterocycles. The molecule has 0 saturated heterocycles. The summed E-state index contributed by atoms with van der Waals surface area (Å²) in [6, 6.07) is 8.10. The lowest BCUT2D eigenvalue weighted by Gasteiger charge is -2.37. The zero-order valence-electron chi connectivity index (χ0n) is 13.5. The van der Waals surface area contributed by atoms with E-state index in [4.69, 9.17) is 4.65 Å². The molecule has 1 heterocycles. The Hall–Kier alpha value is -1.17. The van der Waals surface area contributed by atoms with E-state index in [1.165, 1.54) is 0 Å². The first-order chi connectivity index (χ1) is 9.69. The molecule has 0 saturated carbocycles. The molecule has 0 spiro atoms. The first kappa shape index (κ1) is 16.2. The van der Waals surface area contributed by atoms with Crippen molar-refractivity contribution >= 4 is 18.7 Å². The Labute approximate surface area is 127 Å². The smallest absolute Gasteiger partial charge is 0.330 e. The second-order valence-electron chi connectivity index (χ2n) is 6.56. The Morgan fingerprint density at radius 2 is 1.86 bits per heavy atom. The molecule has 5 heteroatoms. The van der Waals surface area contributed by atoms with Crippen LogP contribution in [0.15, 0.2) is 29.3 Å². The Balaban J connectivity index is 1.99. The van der Waals surface area contributed by atoms with Crippen molar-refractivity contribution in [2.75, 3.05) is 6.54 Å². The maximum Gasteiger partial charge on any atom is 0.330 e. The van der Waals surface area contributed by atoms with Gasteiger partial charge in [-0.05, 0) is 40.2 Å². The van der Waals surface area contributed by atoms with Gasteiger partial charge in [-0.1, -0.05) is 29.7 Å². The van der Waals surface area contributed by atoms with E-state index in [0.29, 0.717) is 0 Å². The molecule has 0 aliphatic carbocycles. The molecule has 1 aromatic carbocycles. The number of nitrogens with zero attached hydrogens (tertiary/aromatic N) is 1. The van der Waals surface area contributed by atoms with Crippen molar-refractivity contribution in [3.8, 4) is 0 Å². The van der Waals surface area contributed by atoms with E-state index in [1.807, 2.05) is 45.0 Å².